The van der Waals surface area contributed by atoms with Gasteiger partial charge in [0.2, 0.25) is 5.91 Å². The van der Waals surface area contributed by atoms with E-state index in [9.17, 15) is 9.59 Å². The molecule has 1 saturated heterocycles. The lowest BCUT2D eigenvalue weighted by Gasteiger charge is -2.26. The molecule has 0 bridgehead atoms. The lowest BCUT2D eigenvalue weighted by Crippen LogP contribution is -2.40. The van der Waals surface area contributed by atoms with Crippen LogP contribution in [0.15, 0.2) is 18.2 Å². The van der Waals surface area contributed by atoms with E-state index in [1.165, 1.54) is 30.4 Å². The molecule has 2 heterocycles. The van der Waals surface area contributed by atoms with Crippen LogP contribution in [0.4, 0.5) is 0 Å². The standard InChI is InChI=1S/C22H29N3O2/c1-14-8-9-19-18(15(14)2)12-20(24-19)21(26)23-17-10-11-25(13-17)22(27)16-6-4-3-5-7-16/h8-9,12,16-17,24H,3-7,10-11,13H2,1-2H3,(H,23,26). The van der Waals surface area contributed by atoms with E-state index in [1.807, 2.05) is 17.0 Å². The maximum atomic E-state index is 12.7. The van der Waals surface area contributed by atoms with Gasteiger partial charge in [-0.15, -0.1) is 0 Å². The normalized spacial score (nSPS) is 21.0. The Hall–Kier alpha value is -2.30. The molecular formula is C22H29N3O2. The van der Waals surface area contributed by atoms with Crippen molar-refractivity contribution in [2.45, 2.75) is 58.4 Å². The monoisotopic (exact) mass is 367 g/mol. The molecule has 1 aliphatic carbocycles. The van der Waals surface area contributed by atoms with Gasteiger partial charge in [0, 0.05) is 36.0 Å². The number of H-pyrrole nitrogens is 1. The van der Waals surface area contributed by atoms with Gasteiger partial charge in [-0.05, 0) is 56.4 Å². The van der Waals surface area contributed by atoms with Gasteiger partial charge < -0.3 is 15.2 Å². The van der Waals surface area contributed by atoms with Crippen LogP contribution in [0.1, 0.15) is 60.1 Å². The molecule has 1 atom stereocenters. The molecule has 27 heavy (non-hydrogen) atoms. The van der Waals surface area contributed by atoms with Gasteiger partial charge in [-0.1, -0.05) is 25.3 Å². The molecule has 1 aliphatic heterocycles. The number of aromatic nitrogens is 1. The first-order valence-electron chi connectivity index (χ1n) is 10.2. The van der Waals surface area contributed by atoms with Crippen molar-refractivity contribution in [2.24, 2.45) is 5.92 Å². The van der Waals surface area contributed by atoms with E-state index >= 15 is 0 Å². The number of benzene rings is 1. The number of nitrogens with zero attached hydrogens (tertiary/aromatic N) is 1. The second kappa shape index (κ2) is 7.37. The maximum Gasteiger partial charge on any atom is 0.268 e. The molecule has 2 aliphatic rings. The number of hydrogen-bond acceptors (Lipinski definition) is 2. The summed E-state index contributed by atoms with van der Waals surface area (Å²) in [4.78, 5) is 30.6. The number of aryl methyl sites for hydroxylation is 2. The fraction of sp³-hybridized carbons (Fsp3) is 0.545. The highest BCUT2D eigenvalue weighted by molar-refractivity contribution is 5.99. The topological polar surface area (TPSA) is 65.2 Å². The van der Waals surface area contributed by atoms with E-state index in [0.717, 1.165) is 36.7 Å². The molecule has 4 rings (SSSR count). The minimum Gasteiger partial charge on any atom is -0.351 e. The predicted octanol–water partition coefficient (Wildman–Crippen LogP) is 3.70. The average molecular weight is 367 g/mol. The Kier molecular flexibility index (Phi) is 4.94. The fourth-order valence-corrected chi connectivity index (χ4v) is 4.53. The van der Waals surface area contributed by atoms with Gasteiger partial charge in [0.1, 0.15) is 5.69 Å². The number of amides is 2. The summed E-state index contributed by atoms with van der Waals surface area (Å²) in [5.41, 5.74) is 4.01. The van der Waals surface area contributed by atoms with E-state index in [4.69, 9.17) is 0 Å². The molecule has 1 aromatic heterocycles. The van der Waals surface area contributed by atoms with Crippen molar-refractivity contribution in [3.8, 4) is 0 Å². The highest BCUT2D eigenvalue weighted by atomic mass is 16.2. The van der Waals surface area contributed by atoms with Gasteiger partial charge in [-0.3, -0.25) is 9.59 Å². The number of rotatable bonds is 3. The summed E-state index contributed by atoms with van der Waals surface area (Å²) >= 11 is 0. The summed E-state index contributed by atoms with van der Waals surface area (Å²) in [6.07, 6.45) is 6.49. The second-order valence-corrected chi connectivity index (χ2v) is 8.23. The Bertz CT molecular complexity index is 864. The zero-order valence-corrected chi connectivity index (χ0v) is 16.3. The molecule has 144 valence electrons. The van der Waals surface area contributed by atoms with Crippen LogP contribution in [0.5, 0.6) is 0 Å². The lowest BCUT2D eigenvalue weighted by molar-refractivity contribution is -0.135. The first-order chi connectivity index (χ1) is 13.0. The Morgan fingerprint density at radius 2 is 1.89 bits per heavy atom. The van der Waals surface area contributed by atoms with Gasteiger partial charge in [0.25, 0.3) is 5.91 Å². The molecule has 0 spiro atoms. The largest absolute Gasteiger partial charge is 0.351 e. The van der Waals surface area contributed by atoms with Crippen LogP contribution in [-0.4, -0.2) is 40.8 Å². The molecule has 1 unspecified atom stereocenters. The highest BCUT2D eigenvalue weighted by Gasteiger charge is 2.32. The minimum atomic E-state index is -0.0831. The fourth-order valence-electron chi connectivity index (χ4n) is 4.53. The van der Waals surface area contributed by atoms with Crippen molar-refractivity contribution >= 4 is 22.7 Å². The van der Waals surface area contributed by atoms with Crippen LogP contribution >= 0.6 is 0 Å². The molecule has 2 N–H and O–H groups in total. The Morgan fingerprint density at radius 3 is 2.67 bits per heavy atom. The zero-order valence-electron chi connectivity index (χ0n) is 16.3. The number of likely N-dealkylation sites (tertiary alicyclic amines) is 1. The molecule has 2 aromatic rings. The number of carbonyl (C=O) groups excluding carboxylic acids is 2. The van der Waals surface area contributed by atoms with E-state index in [0.29, 0.717) is 18.1 Å². The predicted molar refractivity (Wildman–Crippen MR) is 107 cm³/mol. The second-order valence-electron chi connectivity index (χ2n) is 8.23. The summed E-state index contributed by atoms with van der Waals surface area (Å²) < 4.78 is 0. The smallest absolute Gasteiger partial charge is 0.268 e. The van der Waals surface area contributed by atoms with Crippen molar-refractivity contribution in [3.05, 3.63) is 35.0 Å². The molecule has 5 heteroatoms. The first kappa shape index (κ1) is 18.1. The zero-order chi connectivity index (χ0) is 19.0. The summed E-state index contributed by atoms with van der Waals surface area (Å²) in [5.74, 6) is 0.413. The van der Waals surface area contributed by atoms with Gasteiger partial charge in [0.05, 0.1) is 0 Å². The third-order valence-corrected chi connectivity index (χ3v) is 6.38. The van der Waals surface area contributed by atoms with E-state index < -0.39 is 0 Å². The molecule has 2 fully saturated rings. The third-order valence-electron chi connectivity index (χ3n) is 6.38. The van der Waals surface area contributed by atoms with Crippen LogP contribution in [0.3, 0.4) is 0 Å². The van der Waals surface area contributed by atoms with E-state index in [-0.39, 0.29) is 17.9 Å². The number of hydrogen-bond donors (Lipinski definition) is 2. The summed E-state index contributed by atoms with van der Waals surface area (Å²) in [6, 6.07) is 6.07. The number of fused-ring (bicyclic) bond motifs is 1. The van der Waals surface area contributed by atoms with Crippen LogP contribution in [0.2, 0.25) is 0 Å². The Labute approximate surface area is 160 Å². The molecular weight excluding hydrogens is 338 g/mol. The van der Waals surface area contributed by atoms with Gasteiger partial charge in [0.15, 0.2) is 0 Å². The van der Waals surface area contributed by atoms with Crippen molar-refractivity contribution in [1.29, 1.82) is 0 Å². The van der Waals surface area contributed by atoms with Gasteiger partial charge in [-0.25, -0.2) is 0 Å². The summed E-state index contributed by atoms with van der Waals surface area (Å²) in [6.45, 7) is 5.56. The molecule has 2 amide bonds. The van der Waals surface area contributed by atoms with Crippen molar-refractivity contribution < 1.29 is 9.59 Å². The summed E-state index contributed by atoms with van der Waals surface area (Å²) in [5, 5.41) is 4.21. The lowest BCUT2D eigenvalue weighted by atomic mass is 9.88. The Balaban J connectivity index is 1.39. The SMILES string of the molecule is Cc1ccc2[nH]c(C(=O)NC3CCN(C(=O)C4CCCCC4)C3)cc2c1C. The van der Waals surface area contributed by atoms with Crippen LogP contribution in [0, 0.1) is 19.8 Å². The number of nitrogens with one attached hydrogen (secondary N) is 2. The minimum absolute atomic E-state index is 0.0410. The van der Waals surface area contributed by atoms with Crippen molar-refractivity contribution in [3.63, 3.8) is 0 Å². The van der Waals surface area contributed by atoms with Crippen LogP contribution in [0.25, 0.3) is 10.9 Å². The third kappa shape index (κ3) is 3.60. The first-order valence-corrected chi connectivity index (χ1v) is 10.2. The quantitative estimate of drug-likeness (QED) is 0.869. The van der Waals surface area contributed by atoms with Gasteiger partial charge in [-0.2, -0.15) is 0 Å². The highest BCUT2D eigenvalue weighted by Crippen LogP contribution is 2.27. The summed E-state index contributed by atoms with van der Waals surface area (Å²) in [7, 11) is 0. The number of aromatic amines is 1. The van der Waals surface area contributed by atoms with Crippen molar-refractivity contribution in [2.75, 3.05) is 13.1 Å². The average Bonchev–Trinajstić information content (AvgIpc) is 3.32. The van der Waals surface area contributed by atoms with Crippen molar-refractivity contribution in [1.82, 2.24) is 15.2 Å². The number of carbonyl (C=O) groups is 2. The molecule has 5 nitrogen and oxygen atoms in total. The van der Waals surface area contributed by atoms with Crippen LogP contribution in [-0.2, 0) is 4.79 Å². The molecule has 0 radical (unpaired) electrons. The van der Waals surface area contributed by atoms with E-state index in [2.05, 4.69) is 30.2 Å². The van der Waals surface area contributed by atoms with Crippen LogP contribution < -0.4 is 5.32 Å². The van der Waals surface area contributed by atoms with Gasteiger partial charge >= 0.3 is 0 Å². The maximum absolute atomic E-state index is 12.7. The van der Waals surface area contributed by atoms with E-state index in [1.54, 1.807) is 0 Å². The Morgan fingerprint density at radius 1 is 1.11 bits per heavy atom. The molecule has 1 aromatic carbocycles. The molecule has 1 saturated carbocycles.